The first-order chi connectivity index (χ1) is 13.8. The topological polar surface area (TPSA) is 113 Å². The van der Waals surface area contributed by atoms with Crippen LogP contribution < -0.4 is 20.9 Å². The van der Waals surface area contributed by atoms with E-state index in [9.17, 15) is 14.4 Å². The number of aromatic nitrogens is 1. The van der Waals surface area contributed by atoms with Crippen molar-refractivity contribution in [2.24, 2.45) is 5.92 Å². The Morgan fingerprint density at radius 2 is 2.03 bits per heavy atom. The minimum atomic E-state index is -0.816. The fourth-order valence-electron chi connectivity index (χ4n) is 3.11. The second kappa shape index (κ2) is 10.2. The van der Waals surface area contributed by atoms with Crippen molar-refractivity contribution in [3.63, 3.8) is 0 Å². The van der Waals surface area contributed by atoms with Crippen molar-refractivity contribution in [3.8, 4) is 0 Å². The van der Waals surface area contributed by atoms with Crippen molar-refractivity contribution in [1.29, 1.82) is 0 Å². The summed E-state index contributed by atoms with van der Waals surface area (Å²) >= 11 is 0. The standard InChI is InChI=1S/C20H31N5O4/c1-6-12(3)16(24-18(26)13(4)21-5)19(27)25-15(29-20(28)22-7-2)11-14-9-8-10-23-17(14)25/h8-10,12-13,15-16,21H,6-7,11H2,1-5H3,(H,22,28)(H,24,26)/t12-,13-,15+,16-/m0/s1. The Hall–Kier alpha value is -2.68. The average molecular weight is 405 g/mol. The molecule has 1 aliphatic rings. The van der Waals surface area contributed by atoms with Crippen LogP contribution in [-0.4, -0.2) is 54.8 Å². The lowest BCUT2D eigenvalue weighted by molar-refractivity contribution is -0.130. The van der Waals surface area contributed by atoms with Gasteiger partial charge in [-0.1, -0.05) is 26.3 Å². The summed E-state index contributed by atoms with van der Waals surface area (Å²) in [4.78, 5) is 43.7. The van der Waals surface area contributed by atoms with Crippen LogP contribution in [0.2, 0.25) is 0 Å². The van der Waals surface area contributed by atoms with Gasteiger partial charge in [0.05, 0.1) is 6.04 Å². The van der Waals surface area contributed by atoms with Gasteiger partial charge in [0.25, 0.3) is 5.91 Å². The first-order valence-corrected chi connectivity index (χ1v) is 10.0. The van der Waals surface area contributed by atoms with E-state index in [1.807, 2.05) is 19.9 Å². The van der Waals surface area contributed by atoms with Gasteiger partial charge in [0.15, 0.2) is 6.23 Å². The van der Waals surface area contributed by atoms with Gasteiger partial charge in [-0.05, 0) is 32.9 Å². The van der Waals surface area contributed by atoms with E-state index in [2.05, 4.69) is 20.9 Å². The molecule has 0 aliphatic carbocycles. The molecule has 3 amide bonds. The van der Waals surface area contributed by atoms with Gasteiger partial charge in [-0.25, -0.2) is 9.78 Å². The zero-order valence-electron chi connectivity index (χ0n) is 17.7. The lowest BCUT2D eigenvalue weighted by atomic mass is 9.97. The van der Waals surface area contributed by atoms with E-state index < -0.39 is 24.4 Å². The van der Waals surface area contributed by atoms with E-state index in [1.54, 1.807) is 33.2 Å². The molecule has 2 heterocycles. The summed E-state index contributed by atoms with van der Waals surface area (Å²) in [6.07, 6.45) is 1.21. The normalized spacial score (nSPS) is 18.4. The molecule has 1 aromatic rings. The van der Waals surface area contributed by atoms with Gasteiger partial charge in [0.2, 0.25) is 5.91 Å². The van der Waals surface area contributed by atoms with Crippen LogP contribution >= 0.6 is 0 Å². The Bertz CT molecular complexity index is 741. The third kappa shape index (κ3) is 5.23. The number of fused-ring (bicyclic) bond motifs is 1. The minimum Gasteiger partial charge on any atom is -0.425 e. The number of hydrogen-bond donors (Lipinski definition) is 3. The maximum absolute atomic E-state index is 13.5. The molecule has 0 unspecified atom stereocenters. The molecule has 160 valence electrons. The zero-order chi connectivity index (χ0) is 21.6. The molecule has 1 aromatic heterocycles. The highest BCUT2D eigenvalue weighted by molar-refractivity contribution is 6.01. The van der Waals surface area contributed by atoms with Crippen molar-refractivity contribution >= 4 is 23.7 Å². The summed E-state index contributed by atoms with van der Waals surface area (Å²) in [6, 6.07) is 2.42. The Morgan fingerprint density at radius 1 is 1.31 bits per heavy atom. The molecule has 0 fully saturated rings. The Balaban J connectivity index is 2.33. The van der Waals surface area contributed by atoms with E-state index in [1.165, 1.54) is 4.90 Å². The smallest absolute Gasteiger partial charge is 0.409 e. The fraction of sp³-hybridized carbons (Fsp3) is 0.600. The Morgan fingerprint density at radius 3 is 2.66 bits per heavy atom. The number of hydrogen-bond acceptors (Lipinski definition) is 6. The van der Waals surface area contributed by atoms with Crippen molar-refractivity contribution in [3.05, 3.63) is 23.9 Å². The Kier molecular flexibility index (Phi) is 7.95. The summed E-state index contributed by atoms with van der Waals surface area (Å²) in [5.41, 5.74) is 0.813. The summed E-state index contributed by atoms with van der Waals surface area (Å²) < 4.78 is 5.50. The van der Waals surface area contributed by atoms with Gasteiger partial charge >= 0.3 is 6.09 Å². The second-order valence-corrected chi connectivity index (χ2v) is 7.17. The van der Waals surface area contributed by atoms with Crippen molar-refractivity contribution in [2.75, 3.05) is 18.5 Å². The van der Waals surface area contributed by atoms with E-state index >= 15 is 0 Å². The number of ether oxygens (including phenoxy) is 1. The highest BCUT2D eigenvalue weighted by Crippen LogP contribution is 2.32. The van der Waals surface area contributed by atoms with Crippen LogP contribution in [0.1, 0.15) is 39.7 Å². The number of rotatable bonds is 8. The molecular formula is C20H31N5O4. The quantitative estimate of drug-likeness (QED) is 0.599. The molecule has 0 saturated carbocycles. The number of anilines is 1. The molecule has 0 spiro atoms. The van der Waals surface area contributed by atoms with Crippen molar-refractivity contribution in [2.45, 2.75) is 58.8 Å². The first-order valence-electron chi connectivity index (χ1n) is 10.0. The molecule has 9 nitrogen and oxygen atoms in total. The number of carbonyl (C=O) groups excluding carboxylic acids is 3. The number of amides is 3. The van der Waals surface area contributed by atoms with Crippen LogP contribution in [0.5, 0.6) is 0 Å². The van der Waals surface area contributed by atoms with Crippen molar-refractivity contribution < 1.29 is 19.1 Å². The molecule has 3 N–H and O–H groups in total. The second-order valence-electron chi connectivity index (χ2n) is 7.17. The minimum absolute atomic E-state index is 0.117. The third-order valence-corrected chi connectivity index (χ3v) is 5.18. The molecule has 0 saturated heterocycles. The molecular weight excluding hydrogens is 374 g/mol. The highest BCUT2D eigenvalue weighted by Gasteiger charge is 2.42. The first kappa shape index (κ1) is 22.6. The monoisotopic (exact) mass is 405 g/mol. The van der Waals surface area contributed by atoms with Gasteiger partial charge in [-0.15, -0.1) is 0 Å². The van der Waals surface area contributed by atoms with Crippen LogP contribution in [0.4, 0.5) is 10.6 Å². The number of alkyl carbamates (subject to hydrolysis) is 1. The SMILES string of the molecule is CCNC(=O)O[C@@H]1Cc2cccnc2N1C(=O)[C@@H](NC(=O)[C@H](C)NC)[C@@H](C)CC. The van der Waals surface area contributed by atoms with Crippen LogP contribution in [0.15, 0.2) is 18.3 Å². The molecule has 29 heavy (non-hydrogen) atoms. The van der Waals surface area contributed by atoms with Crippen LogP contribution in [0, 0.1) is 5.92 Å². The predicted molar refractivity (Wildman–Crippen MR) is 109 cm³/mol. The summed E-state index contributed by atoms with van der Waals surface area (Å²) in [5, 5.41) is 8.30. The van der Waals surface area contributed by atoms with Gasteiger partial charge in [-0.3, -0.25) is 14.5 Å². The van der Waals surface area contributed by atoms with E-state index in [-0.39, 0.29) is 17.7 Å². The largest absolute Gasteiger partial charge is 0.425 e. The fourth-order valence-corrected chi connectivity index (χ4v) is 3.11. The lowest BCUT2D eigenvalue weighted by Gasteiger charge is -2.31. The molecule has 4 atom stereocenters. The molecule has 0 aromatic carbocycles. The molecule has 0 radical (unpaired) electrons. The maximum Gasteiger partial charge on any atom is 0.409 e. The lowest BCUT2D eigenvalue weighted by Crippen LogP contribution is -2.57. The van der Waals surface area contributed by atoms with Crippen LogP contribution in [0.25, 0.3) is 0 Å². The number of carbonyl (C=O) groups is 3. The number of pyridine rings is 1. The molecule has 2 rings (SSSR count). The van der Waals surface area contributed by atoms with E-state index in [0.717, 1.165) is 5.56 Å². The van der Waals surface area contributed by atoms with Gasteiger partial charge < -0.3 is 20.7 Å². The third-order valence-electron chi connectivity index (χ3n) is 5.18. The summed E-state index contributed by atoms with van der Waals surface area (Å²) in [7, 11) is 1.68. The van der Waals surface area contributed by atoms with Gasteiger partial charge in [0, 0.05) is 24.7 Å². The average Bonchev–Trinajstić information content (AvgIpc) is 3.07. The zero-order valence-corrected chi connectivity index (χ0v) is 17.7. The van der Waals surface area contributed by atoms with Crippen LogP contribution in [0.3, 0.4) is 0 Å². The number of nitrogens with one attached hydrogen (secondary N) is 3. The van der Waals surface area contributed by atoms with Crippen molar-refractivity contribution in [1.82, 2.24) is 20.9 Å². The highest BCUT2D eigenvalue weighted by atomic mass is 16.6. The summed E-state index contributed by atoms with van der Waals surface area (Å²) in [5.74, 6) is -0.278. The maximum atomic E-state index is 13.5. The van der Waals surface area contributed by atoms with E-state index in [4.69, 9.17) is 4.74 Å². The molecule has 0 bridgehead atoms. The summed E-state index contributed by atoms with van der Waals surface area (Å²) in [6.45, 7) is 7.78. The van der Waals surface area contributed by atoms with E-state index in [0.29, 0.717) is 25.2 Å². The van der Waals surface area contributed by atoms with Gasteiger partial charge in [0.1, 0.15) is 11.9 Å². The number of nitrogens with zero attached hydrogens (tertiary/aromatic N) is 2. The Labute approximate surface area is 171 Å². The number of likely N-dealkylation sites (N-methyl/N-ethyl adjacent to an activating group) is 1. The van der Waals surface area contributed by atoms with Gasteiger partial charge in [-0.2, -0.15) is 0 Å². The molecule has 9 heteroatoms. The predicted octanol–water partition coefficient (Wildman–Crippen LogP) is 1.18. The van der Waals surface area contributed by atoms with Crippen LogP contribution in [-0.2, 0) is 20.7 Å². The molecule has 1 aliphatic heterocycles.